The summed E-state index contributed by atoms with van der Waals surface area (Å²) in [6.07, 6.45) is -1.96. The summed E-state index contributed by atoms with van der Waals surface area (Å²) in [5, 5.41) is 9.43. The van der Waals surface area contributed by atoms with Crippen molar-refractivity contribution in [2.75, 3.05) is 13.2 Å². The normalized spacial score (nSPS) is 17.8. The first-order valence-corrected chi connectivity index (χ1v) is 10.7. The first-order valence-electron chi connectivity index (χ1n) is 10.4. The predicted octanol–water partition coefficient (Wildman–Crippen LogP) is 5.62. The topological polar surface area (TPSA) is 86.0 Å². The van der Waals surface area contributed by atoms with Crippen molar-refractivity contribution < 1.29 is 32.6 Å². The molecule has 1 aliphatic carbocycles. The third-order valence-corrected chi connectivity index (χ3v) is 6.01. The van der Waals surface area contributed by atoms with Crippen molar-refractivity contribution in [2.45, 2.75) is 32.3 Å². The molecule has 0 bridgehead atoms. The fourth-order valence-corrected chi connectivity index (χ4v) is 4.00. The molecule has 0 amide bonds. The minimum atomic E-state index is -2.72. The molecule has 1 heterocycles. The lowest BCUT2D eigenvalue weighted by molar-refractivity contribution is -0.151. The summed E-state index contributed by atoms with van der Waals surface area (Å²) in [5.74, 6) is -0.897. The van der Waals surface area contributed by atoms with Gasteiger partial charge >= 0.3 is 5.97 Å². The number of halogens is 3. The lowest BCUT2D eigenvalue weighted by Gasteiger charge is -2.32. The van der Waals surface area contributed by atoms with Crippen LogP contribution in [0.5, 0.6) is 5.75 Å². The number of carbonyl (C=O) groups is 1. The van der Waals surface area contributed by atoms with Gasteiger partial charge in [-0.15, -0.1) is 0 Å². The van der Waals surface area contributed by atoms with Crippen molar-refractivity contribution in [3.8, 4) is 17.1 Å². The van der Waals surface area contributed by atoms with Gasteiger partial charge in [-0.25, -0.2) is 8.78 Å². The van der Waals surface area contributed by atoms with Gasteiger partial charge in [-0.3, -0.25) is 9.59 Å². The van der Waals surface area contributed by atoms with Gasteiger partial charge in [0.1, 0.15) is 18.1 Å². The van der Waals surface area contributed by atoms with Crippen molar-refractivity contribution in [3.05, 3.63) is 62.8 Å². The number of ether oxygens (including phenoxy) is 2. The van der Waals surface area contributed by atoms with E-state index in [0.717, 1.165) is 0 Å². The van der Waals surface area contributed by atoms with Gasteiger partial charge in [0.15, 0.2) is 11.0 Å². The smallest absolute Gasteiger partial charge is 0.306 e. The van der Waals surface area contributed by atoms with Gasteiger partial charge in [-0.05, 0) is 49.6 Å². The fourth-order valence-electron chi connectivity index (χ4n) is 3.79. The van der Waals surface area contributed by atoms with E-state index in [-0.39, 0.29) is 69.3 Å². The quantitative estimate of drug-likeness (QED) is 0.423. The minimum Gasteiger partial charge on any atom is -0.490 e. The Morgan fingerprint density at radius 3 is 2.70 bits per heavy atom. The number of rotatable bonds is 8. The van der Waals surface area contributed by atoms with Crippen molar-refractivity contribution in [1.29, 1.82) is 0 Å². The average molecular weight is 479 g/mol. The van der Waals surface area contributed by atoms with Crippen LogP contribution in [0.1, 0.15) is 30.4 Å². The highest BCUT2D eigenvalue weighted by molar-refractivity contribution is 6.34. The summed E-state index contributed by atoms with van der Waals surface area (Å²) < 4.78 is 44.4. The van der Waals surface area contributed by atoms with Gasteiger partial charge < -0.3 is 19.0 Å². The number of alkyl halides is 2. The number of benzene rings is 2. The van der Waals surface area contributed by atoms with Crippen LogP contribution in [0.25, 0.3) is 22.3 Å². The Morgan fingerprint density at radius 1 is 1.24 bits per heavy atom. The second kappa shape index (κ2) is 9.49. The molecule has 1 aliphatic rings. The molecule has 1 N–H and O–H groups in total. The molecule has 3 aromatic rings. The van der Waals surface area contributed by atoms with Gasteiger partial charge in [0.25, 0.3) is 6.43 Å². The molecule has 0 aliphatic heterocycles. The van der Waals surface area contributed by atoms with Crippen LogP contribution in [-0.2, 0) is 9.53 Å². The maximum absolute atomic E-state index is 13.6. The summed E-state index contributed by atoms with van der Waals surface area (Å²) in [4.78, 5) is 23.5. The number of hydrogen-bond donors (Lipinski definition) is 1. The Hall–Kier alpha value is -2.97. The zero-order valence-electron chi connectivity index (χ0n) is 17.6. The summed E-state index contributed by atoms with van der Waals surface area (Å²) in [6, 6.07) is 8.71. The zero-order chi connectivity index (χ0) is 23.7. The molecule has 1 saturated carbocycles. The number of carboxylic acids is 1. The average Bonchev–Trinajstić information content (AvgIpc) is 2.72. The molecule has 0 radical (unpaired) electrons. The van der Waals surface area contributed by atoms with E-state index in [4.69, 9.17) is 30.6 Å². The highest BCUT2D eigenvalue weighted by Gasteiger charge is 2.35. The maximum Gasteiger partial charge on any atom is 0.306 e. The third kappa shape index (κ3) is 4.86. The molecule has 0 spiro atoms. The number of hydrogen-bond acceptors (Lipinski definition) is 5. The fraction of sp³-hybridized carbons (Fsp3) is 0.333. The number of fused-ring (bicyclic) bond motifs is 1. The van der Waals surface area contributed by atoms with Crippen LogP contribution in [0.2, 0.25) is 5.02 Å². The van der Waals surface area contributed by atoms with E-state index in [9.17, 15) is 18.4 Å². The molecule has 0 unspecified atom stereocenters. The number of para-hydroxylation sites is 1. The second-order valence-corrected chi connectivity index (χ2v) is 8.35. The van der Waals surface area contributed by atoms with Crippen molar-refractivity contribution in [2.24, 2.45) is 5.92 Å². The van der Waals surface area contributed by atoms with Crippen LogP contribution >= 0.6 is 11.6 Å². The molecule has 1 aromatic heterocycles. The molecule has 1 fully saturated rings. The Balaban J connectivity index is 1.60. The number of aryl methyl sites for hydroxylation is 1. The highest BCUT2D eigenvalue weighted by atomic mass is 35.5. The Labute approximate surface area is 192 Å². The third-order valence-electron chi connectivity index (χ3n) is 5.71. The molecule has 33 heavy (non-hydrogen) atoms. The van der Waals surface area contributed by atoms with Gasteiger partial charge in [0.05, 0.1) is 34.6 Å². The lowest BCUT2D eigenvalue weighted by Crippen LogP contribution is -2.37. The van der Waals surface area contributed by atoms with E-state index in [1.807, 2.05) is 0 Å². The van der Waals surface area contributed by atoms with Crippen molar-refractivity contribution in [3.63, 3.8) is 0 Å². The van der Waals surface area contributed by atoms with E-state index >= 15 is 0 Å². The van der Waals surface area contributed by atoms with Gasteiger partial charge in [0.2, 0.25) is 0 Å². The van der Waals surface area contributed by atoms with E-state index in [1.54, 1.807) is 25.1 Å². The van der Waals surface area contributed by atoms with Crippen LogP contribution in [0.15, 0.2) is 45.6 Å². The molecule has 174 valence electrons. The van der Waals surface area contributed by atoms with Crippen LogP contribution < -0.4 is 10.2 Å². The molecular weight excluding hydrogens is 458 g/mol. The predicted molar refractivity (Wildman–Crippen MR) is 118 cm³/mol. The molecule has 0 atom stereocenters. The molecule has 0 saturated heterocycles. The SMILES string of the molecule is Cc1cc(OCCOC2CC(C(=O)O)C2)c(-c2cc(=O)c3cccc(Cl)c3o2)cc1C(F)F. The molecule has 6 nitrogen and oxygen atoms in total. The second-order valence-electron chi connectivity index (χ2n) is 7.94. The van der Waals surface area contributed by atoms with E-state index in [1.165, 1.54) is 18.2 Å². The highest BCUT2D eigenvalue weighted by Crippen LogP contribution is 2.37. The summed E-state index contributed by atoms with van der Waals surface area (Å²) in [5.41, 5.74) is 0.122. The van der Waals surface area contributed by atoms with Crippen LogP contribution in [0.4, 0.5) is 8.78 Å². The Kier molecular flexibility index (Phi) is 6.67. The number of aliphatic carboxylic acids is 1. The number of carboxylic acid groups (broad SMARTS) is 1. The van der Waals surface area contributed by atoms with E-state index in [2.05, 4.69) is 0 Å². The first kappa shape index (κ1) is 23.2. The Bertz CT molecular complexity index is 1250. The van der Waals surface area contributed by atoms with Gasteiger partial charge in [-0.2, -0.15) is 0 Å². The van der Waals surface area contributed by atoms with Gasteiger partial charge in [-0.1, -0.05) is 17.7 Å². The monoisotopic (exact) mass is 478 g/mol. The summed E-state index contributed by atoms with van der Waals surface area (Å²) >= 11 is 6.18. The maximum atomic E-state index is 13.6. The summed E-state index contributed by atoms with van der Waals surface area (Å²) in [6.45, 7) is 1.84. The standard InChI is InChI=1S/C24H21ClF2O6/c1-12-7-20(32-6-5-31-14-8-13(9-14)24(29)30)17(10-16(12)23(26)27)21-11-19(28)15-3-2-4-18(25)22(15)33-21/h2-4,7,10-11,13-14,23H,5-6,8-9H2,1H3,(H,29,30). The van der Waals surface area contributed by atoms with E-state index in [0.29, 0.717) is 18.4 Å². The first-order chi connectivity index (χ1) is 15.7. The summed E-state index contributed by atoms with van der Waals surface area (Å²) in [7, 11) is 0. The van der Waals surface area contributed by atoms with Crippen molar-refractivity contribution >= 4 is 28.5 Å². The van der Waals surface area contributed by atoms with Crippen LogP contribution in [-0.4, -0.2) is 30.4 Å². The van der Waals surface area contributed by atoms with E-state index < -0.39 is 12.4 Å². The van der Waals surface area contributed by atoms with Crippen LogP contribution in [0, 0.1) is 12.8 Å². The lowest BCUT2D eigenvalue weighted by atomic mass is 9.82. The minimum absolute atomic E-state index is 0.0571. The van der Waals surface area contributed by atoms with Gasteiger partial charge in [0, 0.05) is 11.6 Å². The molecule has 9 heteroatoms. The molecule has 2 aromatic carbocycles. The largest absolute Gasteiger partial charge is 0.490 e. The zero-order valence-corrected chi connectivity index (χ0v) is 18.4. The molecular formula is C24H21ClF2O6. The molecule has 4 rings (SSSR count). The van der Waals surface area contributed by atoms with Crippen LogP contribution in [0.3, 0.4) is 0 Å². The van der Waals surface area contributed by atoms with Crippen molar-refractivity contribution in [1.82, 2.24) is 0 Å². The Morgan fingerprint density at radius 2 is 2.00 bits per heavy atom.